The summed E-state index contributed by atoms with van der Waals surface area (Å²) in [6.07, 6.45) is 0. The molecule has 0 aliphatic carbocycles. The summed E-state index contributed by atoms with van der Waals surface area (Å²) in [6, 6.07) is 13.7. The van der Waals surface area contributed by atoms with Crippen molar-refractivity contribution in [2.45, 2.75) is 12.1 Å². The Hall–Kier alpha value is -3.20. The molecule has 0 aliphatic rings. The molecule has 1 heterocycles. The molecule has 2 aromatic carbocycles. The molecule has 0 saturated carbocycles. The summed E-state index contributed by atoms with van der Waals surface area (Å²) in [7, 11) is 1.79. The molecular formula is C18H17N5O3S. The van der Waals surface area contributed by atoms with E-state index in [1.807, 2.05) is 31.2 Å². The van der Waals surface area contributed by atoms with Crippen LogP contribution in [-0.4, -0.2) is 31.3 Å². The van der Waals surface area contributed by atoms with E-state index in [9.17, 15) is 14.9 Å². The number of hydrogen-bond acceptors (Lipinski definition) is 6. The average molecular weight is 383 g/mol. The molecule has 0 unspecified atom stereocenters. The smallest absolute Gasteiger partial charge is 0.269 e. The first-order valence-electron chi connectivity index (χ1n) is 8.07. The van der Waals surface area contributed by atoms with Crippen molar-refractivity contribution >= 4 is 29.0 Å². The minimum Gasteiger partial charge on any atom is -0.325 e. The summed E-state index contributed by atoms with van der Waals surface area (Å²) >= 11 is 1.27. The van der Waals surface area contributed by atoms with Crippen LogP contribution in [0.2, 0.25) is 0 Å². The van der Waals surface area contributed by atoms with Crippen LogP contribution >= 0.6 is 11.8 Å². The molecule has 1 N–H and O–H groups in total. The fourth-order valence-electron chi connectivity index (χ4n) is 2.47. The zero-order valence-electron chi connectivity index (χ0n) is 14.7. The van der Waals surface area contributed by atoms with Crippen LogP contribution in [-0.2, 0) is 11.8 Å². The normalized spacial score (nSPS) is 10.6. The van der Waals surface area contributed by atoms with E-state index in [0.717, 1.165) is 11.3 Å². The molecule has 1 amide bonds. The largest absolute Gasteiger partial charge is 0.325 e. The predicted molar refractivity (Wildman–Crippen MR) is 104 cm³/mol. The summed E-state index contributed by atoms with van der Waals surface area (Å²) in [5.74, 6) is 0.636. The first-order chi connectivity index (χ1) is 12.9. The van der Waals surface area contributed by atoms with Gasteiger partial charge in [0.15, 0.2) is 11.0 Å². The third kappa shape index (κ3) is 4.50. The van der Waals surface area contributed by atoms with Gasteiger partial charge in [-0.1, -0.05) is 23.9 Å². The van der Waals surface area contributed by atoms with Gasteiger partial charge < -0.3 is 9.88 Å². The summed E-state index contributed by atoms with van der Waals surface area (Å²) in [5.41, 5.74) is 2.56. The molecule has 3 aromatic rings. The number of nitrogens with one attached hydrogen (secondary N) is 1. The molecule has 0 fully saturated rings. The molecule has 138 valence electrons. The van der Waals surface area contributed by atoms with E-state index in [-0.39, 0.29) is 17.3 Å². The number of carbonyl (C=O) groups is 1. The maximum Gasteiger partial charge on any atom is 0.269 e. The SMILES string of the molecule is Cc1cccc(NC(=O)CSc2nnc(-c3ccc([N+](=O)[O-])cc3)n2C)c1. The summed E-state index contributed by atoms with van der Waals surface area (Å²) in [4.78, 5) is 22.4. The van der Waals surface area contributed by atoms with E-state index in [1.165, 1.54) is 23.9 Å². The minimum atomic E-state index is -0.450. The van der Waals surface area contributed by atoms with Gasteiger partial charge in [0, 0.05) is 30.4 Å². The van der Waals surface area contributed by atoms with Crippen LogP contribution in [0.3, 0.4) is 0 Å². The van der Waals surface area contributed by atoms with E-state index >= 15 is 0 Å². The number of hydrogen-bond donors (Lipinski definition) is 1. The lowest BCUT2D eigenvalue weighted by Crippen LogP contribution is -2.14. The highest BCUT2D eigenvalue weighted by Gasteiger charge is 2.14. The van der Waals surface area contributed by atoms with Gasteiger partial charge in [0.2, 0.25) is 5.91 Å². The second kappa shape index (κ2) is 8.00. The van der Waals surface area contributed by atoms with Crippen molar-refractivity contribution in [2.24, 2.45) is 7.05 Å². The summed E-state index contributed by atoms with van der Waals surface area (Å²) in [5, 5.41) is 22.4. The van der Waals surface area contributed by atoms with Crippen molar-refractivity contribution in [2.75, 3.05) is 11.1 Å². The van der Waals surface area contributed by atoms with Crippen LogP contribution in [0, 0.1) is 17.0 Å². The van der Waals surface area contributed by atoms with Crippen LogP contribution < -0.4 is 5.32 Å². The van der Waals surface area contributed by atoms with Gasteiger partial charge in [-0.3, -0.25) is 14.9 Å². The summed E-state index contributed by atoms with van der Waals surface area (Å²) in [6.45, 7) is 1.96. The van der Waals surface area contributed by atoms with Gasteiger partial charge in [-0.05, 0) is 36.8 Å². The molecule has 27 heavy (non-hydrogen) atoms. The number of nitro groups is 1. The standard InChI is InChI=1S/C18H17N5O3S/c1-12-4-3-5-14(10-12)19-16(24)11-27-18-21-20-17(22(18)2)13-6-8-15(9-7-13)23(25)26/h3-10H,11H2,1-2H3,(H,19,24). The second-order valence-corrected chi connectivity index (χ2v) is 6.82. The number of non-ortho nitro benzene ring substituents is 1. The number of anilines is 1. The highest BCUT2D eigenvalue weighted by atomic mass is 32.2. The van der Waals surface area contributed by atoms with Gasteiger partial charge in [0.1, 0.15) is 0 Å². The number of thioether (sulfide) groups is 1. The minimum absolute atomic E-state index is 0.0170. The fraction of sp³-hybridized carbons (Fsp3) is 0.167. The molecule has 8 nitrogen and oxygen atoms in total. The Morgan fingerprint density at radius 3 is 2.63 bits per heavy atom. The van der Waals surface area contributed by atoms with Gasteiger partial charge in [0.25, 0.3) is 5.69 Å². The zero-order valence-corrected chi connectivity index (χ0v) is 15.6. The molecule has 0 radical (unpaired) electrons. The number of rotatable bonds is 6. The third-order valence-electron chi connectivity index (χ3n) is 3.81. The van der Waals surface area contributed by atoms with E-state index in [4.69, 9.17) is 0 Å². The molecule has 0 bridgehead atoms. The fourth-order valence-corrected chi connectivity index (χ4v) is 3.19. The van der Waals surface area contributed by atoms with Crippen molar-refractivity contribution in [3.05, 3.63) is 64.2 Å². The molecule has 0 saturated heterocycles. The van der Waals surface area contributed by atoms with Crippen LogP contribution in [0.1, 0.15) is 5.56 Å². The Morgan fingerprint density at radius 2 is 1.96 bits per heavy atom. The van der Waals surface area contributed by atoms with Crippen molar-refractivity contribution in [1.29, 1.82) is 0 Å². The first kappa shape index (κ1) is 18.6. The average Bonchev–Trinajstić information content (AvgIpc) is 3.00. The molecule has 0 atom stereocenters. The van der Waals surface area contributed by atoms with E-state index in [2.05, 4.69) is 15.5 Å². The van der Waals surface area contributed by atoms with Crippen LogP contribution in [0.5, 0.6) is 0 Å². The Labute approximate surface area is 159 Å². The van der Waals surface area contributed by atoms with Gasteiger partial charge in [-0.15, -0.1) is 10.2 Å². The highest BCUT2D eigenvalue weighted by Crippen LogP contribution is 2.24. The van der Waals surface area contributed by atoms with Crippen LogP contribution in [0.25, 0.3) is 11.4 Å². The topological polar surface area (TPSA) is 103 Å². The predicted octanol–water partition coefficient (Wildman–Crippen LogP) is 3.43. The maximum absolute atomic E-state index is 12.1. The molecule has 0 aliphatic heterocycles. The van der Waals surface area contributed by atoms with Gasteiger partial charge >= 0.3 is 0 Å². The van der Waals surface area contributed by atoms with Crippen molar-refractivity contribution in [1.82, 2.24) is 14.8 Å². The highest BCUT2D eigenvalue weighted by molar-refractivity contribution is 7.99. The number of nitro benzene ring substituents is 1. The first-order valence-corrected chi connectivity index (χ1v) is 9.06. The van der Waals surface area contributed by atoms with Crippen molar-refractivity contribution < 1.29 is 9.72 Å². The third-order valence-corrected chi connectivity index (χ3v) is 4.83. The molecular weight excluding hydrogens is 366 g/mol. The lowest BCUT2D eigenvalue weighted by Gasteiger charge is -2.06. The summed E-state index contributed by atoms with van der Waals surface area (Å²) < 4.78 is 1.76. The van der Waals surface area contributed by atoms with Crippen LogP contribution in [0.15, 0.2) is 53.7 Å². The van der Waals surface area contributed by atoms with Crippen molar-refractivity contribution in [3.63, 3.8) is 0 Å². The van der Waals surface area contributed by atoms with Gasteiger partial charge in [0.05, 0.1) is 10.7 Å². The zero-order chi connectivity index (χ0) is 19.4. The molecule has 1 aromatic heterocycles. The lowest BCUT2D eigenvalue weighted by atomic mass is 10.2. The van der Waals surface area contributed by atoms with E-state index < -0.39 is 4.92 Å². The molecule has 9 heteroatoms. The number of amides is 1. The Balaban J connectivity index is 1.65. The number of aryl methyl sites for hydroxylation is 1. The number of benzene rings is 2. The lowest BCUT2D eigenvalue weighted by molar-refractivity contribution is -0.384. The monoisotopic (exact) mass is 383 g/mol. The molecule has 0 spiro atoms. The second-order valence-electron chi connectivity index (χ2n) is 5.88. The van der Waals surface area contributed by atoms with E-state index in [0.29, 0.717) is 16.5 Å². The van der Waals surface area contributed by atoms with E-state index in [1.54, 1.807) is 23.7 Å². The van der Waals surface area contributed by atoms with Crippen molar-refractivity contribution in [3.8, 4) is 11.4 Å². The van der Waals surface area contributed by atoms with Gasteiger partial charge in [-0.2, -0.15) is 0 Å². The number of carbonyl (C=O) groups excluding carboxylic acids is 1. The number of aromatic nitrogens is 3. The quantitative estimate of drug-likeness (QED) is 0.397. The Kier molecular flexibility index (Phi) is 5.51. The molecule has 3 rings (SSSR count). The van der Waals surface area contributed by atoms with Gasteiger partial charge in [-0.25, -0.2) is 0 Å². The Morgan fingerprint density at radius 1 is 1.22 bits per heavy atom. The Bertz CT molecular complexity index is 985. The van der Waals surface area contributed by atoms with Crippen LogP contribution in [0.4, 0.5) is 11.4 Å². The maximum atomic E-state index is 12.1. The number of nitrogens with zero attached hydrogens (tertiary/aromatic N) is 4.